The molecule has 2 heterocycles. The number of hydrogen-bond acceptors (Lipinski definition) is 2. The molecule has 2 aromatic heterocycles. The first-order valence-electron chi connectivity index (χ1n) is 11.2. The minimum atomic E-state index is -0.0337. The van der Waals surface area contributed by atoms with E-state index in [4.69, 9.17) is 28.2 Å². The van der Waals surface area contributed by atoms with Crippen molar-refractivity contribution in [3.63, 3.8) is 0 Å². The molecule has 5 rings (SSSR count). The number of para-hydroxylation sites is 1. The van der Waals surface area contributed by atoms with Crippen molar-refractivity contribution in [3.8, 4) is 11.4 Å². The van der Waals surface area contributed by atoms with Gasteiger partial charge < -0.3 is 10.3 Å². The molecule has 170 valence electrons. The Hall–Kier alpha value is -3.34. The zero-order valence-corrected chi connectivity index (χ0v) is 20.2. The number of halogens is 2. The van der Waals surface area contributed by atoms with Crippen molar-refractivity contribution in [1.29, 1.82) is 0 Å². The van der Waals surface area contributed by atoms with Gasteiger partial charge in [-0.15, -0.1) is 0 Å². The Kier molecular flexibility index (Phi) is 6.27. The molecule has 0 aliphatic rings. The summed E-state index contributed by atoms with van der Waals surface area (Å²) in [6.45, 7) is 1.90. The Labute approximate surface area is 207 Å². The van der Waals surface area contributed by atoms with E-state index in [2.05, 4.69) is 22.4 Å². The molecule has 3 aromatic carbocycles. The Morgan fingerprint density at radius 1 is 1.00 bits per heavy atom. The number of aromatic amines is 1. The van der Waals surface area contributed by atoms with Gasteiger partial charge in [-0.1, -0.05) is 53.5 Å². The minimum Gasteiger partial charge on any atom is -0.353 e. The molecular formula is C28H23Cl2N3O. The molecule has 1 amide bonds. The number of rotatable bonds is 6. The molecule has 0 unspecified atom stereocenters. The number of anilines is 1. The topological polar surface area (TPSA) is 57.8 Å². The average molecular weight is 488 g/mol. The zero-order valence-electron chi connectivity index (χ0n) is 18.7. The fourth-order valence-electron chi connectivity index (χ4n) is 4.28. The van der Waals surface area contributed by atoms with Gasteiger partial charge in [0.25, 0.3) is 0 Å². The lowest BCUT2D eigenvalue weighted by Gasteiger charge is -2.10. The molecule has 6 heteroatoms. The van der Waals surface area contributed by atoms with Crippen molar-refractivity contribution >= 4 is 56.6 Å². The number of fused-ring (bicyclic) bond motifs is 2. The van der Waals surface area contributed by atoms with Crippen molar-refractivity contribution in [2.24, 2.45) is 0 Å². The van der Waals surface area contributed by atoms with Gasteiger partial charge in [0.1, 0.15) is 0 Å². The quantitative estimate of drug-likeness (QED) is 0.255. The van der Waals surface area contributed by atoms with Crippen LogP contribution in [0, 0.1) is 6.92 Å². The number of carbonyl (C=O) groups excluding carboxylic acids is 1. The first-order chi connectivity index (χ1) is 16.5. The van der Waals surface area contributed by atoms with Gasteiger partial charge in [0.2, 0.25) is 5.91 Å². The van der Waals surface area contributed by atoms with E-state index in [1.54, 1.807) is 0 Å². The van der Waals surface area contributed by atoms with E-state index < -0.39 is 0 Å². The van der Waals surface area contributed by atoms with Crippen LogP contribution in [0.25, 0.3) is 33.2 Å². The second-order valence-corrected chi connectivity index (χ2v) is 9.22. The second kappa shape index (κ2) is 9.49. The van der Waals surface area contributed by atoms with Crippen LogP contribution in [0.15, 0.2) is 72.8 Å². The number of pyridine rings is 1. The van der Waals surface area contributed by atoms with Crippen LogP contribution in [-0.2, 0) is 11.2 Å². The fraction of sp³-hybridized carbons (Fsp3) is 0.143. The predicted octanol–water partition coefficient (Wildman–Crippen LogP) is 7.96. The molecule has 4 nitrogen and oxygen atoms in total. The van der Waals surface area contributed by atoms with Gasteiger partial charge >= 0.3 is 0 Å². The number of nitrogens with one attached hydrogen (secondary N) is 2. The summed E-state index contributed by atoms with van der Waals surface area (Å²) >= 11 is 12.5. The van der Waals surface area contributed by atoms with Gasteiger partial charge in [-0.2, -0.15) is 0 Å². The molecule has 34 heavy (non-hydrogen) atoms. The van der Waals surface area contributed by atoms with E-state index in [-0.39, 0.29) is 5.91 Å². The second-order valence-electron chi connectivity index (χ2n) is 8.37. The summed E-state index contributed by atoms with van der Waals surface area (Å²) in [5.41, 5.74) is 6.52. The molecule has 0 aliphatic heterocycles. The van der Waals surface area contributed by atoms with Gasteiger partial charge in [0.05, 0.1) is 16.9 Å². The monoisotopic (exact) mass is 487 g/mol. The van der Waals surface area contributed by atoms with Crippen molar-refractivity contribution in [2.45, 2.75) is 26.2 Å². The van der Waals surface area contributed by atoms with Crippen LogP contribution in [0.2, 0.25) is 10.0 Å². The van der Waals surface area contributed by atoms with E-state index in [1.165, 1.54) is 0 Å². The van der Waals surface area contributed by atoms with Crippen LogP contribution in [0.5, 0.6) is 0 Å². The summed E-state index contributed by atoms with van der Waals surface area (Å²) in [5.74, 6) is -0.0337. The maximum Gasteiger partial charge on any atom is 0.224 e. The maximum atomic E-state index is 12.6. The number of aryl methyl sites for hydroxylation is 1. The lowest BCUT2D eigenvalue weighted by Crippen LogP contribution is -2.12. The standard InChI is InChI=1S/C28H23Cl2N3O/c1-17-22(30)8-5-10-23(17)32-27(34)11-4-7-20-21-16-19(29)13-15-25(21)33-28(20)26-14-12-18-6-2-3-9-24(18)31-26/h2-3,5-6,8-10,12-16,33H,4,7,11H2,1H3,(H,32,34). The van der Waals surface area contributed by atoms with Crippen LogP contribution in [0.3, 0.4) is 0 Å². The third kappa shape index (κ3) is 4.52. The van der Waals surface area contributed by atoms with Gasteiger partial charge in [-0.05, 0) is 73.4 Å². The highest BCUT2D eigenvalue weighted by Crippen LogP contribution is 2.33. The highest BCUT2D eigenvalue weighted by atomic mass is 35.5. The van der Waals surface area contributed by atoms with Crippen molar-refractivity contribution in [1.82, 2.24) is 9.97 Å². The first-order valence-corrected chi connectivity index (χ1v) is 12.0. The smallest absolute Gasteiger partial charge is 0.224 e. The minimum absolute atomic E-state index is 0.0337. The molecular weight excluding hydrogens is 465 g/mol. The van der Waals surface area contributed by atoms with Crippen molar-refractivity contribution in [2.75, 3.05) is 5.32 Å². The average Bonchev–Trinajstić information content (AvgIpc) is 3.19. The largest absolute Gasteiger partial charge is 0.353 e. The molecule has 0 spiro atoms. The summed E-state index contributed by atoms with van der Waals surface area (Å²) in [5, 5.41) is 6.46. The van der Waals surface area contributed by atoms with Crippen LogP contribution in [-0.4, -0.2) is 15.9 Å². The number of H-pyrrole nitrogens is 1. The van der Waals surface area contributed by atoms with Gasteiger partial charge in [-0.25, -0.2) is 4.98 Å². The molecule has 0 saturated heterocycles. The van der Waals surface area contributed by atoms with Gasteiger partial charge in [0, 0.05) is 38.4 Å². The van der Waals surface area contributed by atoms with Crippen LogP contribution < -0.4 is 5.32 Å². The molecule has 0 atom stereocenters. The molecule has 0 fully saturated rings. The highest BCUT2D eigenvalue weighted by molar-refractivity contribution is 6.32. The van der Waals surface area contributed by atoms with E-state index >= 15 is 0 Å². The SMILES string of the molecule is Cc1c(Cl)cccc1NC(=O)CCCc1c(-c2ccc3ccccc3n2)[nH]c2ccc(Cl)cc12. The van der Waals surface area contributed by atoms with E-state index in [9.17, 15) is 4.79 Å². The van der Waals surface area contributed by atoms with Gasteiger partial charge in [-0.3, -0.25) is 4.79 Å². The normalized spacial score (nSPS) is 11.3. The molecule has 0 saturated carbocycles. The number of nitrogens with zero attached hydrogens (tertiary/aromatic N) is 1. The summed E-state index contributed by atoms with van der Waals surface area (Å²) in [6, 6.07) is 23.5. The molecule has 0 radical (unpaired) electrons. The third-order valence-electron chi connectivity index (χ3n) is 6.10. The van der Waals surface area contributed by atoms with Crippen LogP contribution >= 0.6 is 23.2 Å². The van der Waals surface area contributed by atoms with E-state index in [0.29, 0.717) is 29.3 Å². The maximum absolute atomic E-state index is 12.6. The van der Waals surface area contributed by atoms with E-state index in [1.807, 2.05) is 67.6 Å². The number of hydrogen-bond donors (Lipinski definition) is 2. The number of amides is 1. The lowest BCUT2D eigenvalue weighted by molar-refractivity contribution is -0.116. The van der Waals surface area contributed by atoms with Crippen LogP contribution in [0.1, 0.15) is 24.0 Å². The van der Waals surface area contributed by atoms with Crippen LogP contribution in [0.4, 0.5) is 5.69 Å². The predicted molar refractivity (Wildman–Crippen MR) is 142 cm³/mol. The highest BCUT2D eigenvalue weighted by Gasteiger charge is 2.16. The Bertz CT molecular complexity index is 1520. The van der Waals surface area contributed by atoms with Crippen molar-refractivity contribution < 1.29 is 4.79 Å². The first kappa shape index (κ1) is 22.5. The Balaban J connectivity index is 1.41. The summed E-state index contributed by atoms with van der Waals surface area (Å²) in [7, 11) is 0. The lowest BCUT2D eigenvalue weighted by atomic mass is 10.0. The summed E-state index contributed by atoms with van der Waals surface area (Å²) < 4.78 is 0. The molecule has 5 aromatic rings. The fourth-order valence-corrected chi connectivity index (χ4v) is 4.63. The van der Waals surface area contributed by atoms with Crippen molar-refractivity contribution in [3.05, 3.63) is 94.0 Å². The molecule has 0 aliphatic carbocycles. The van der Waals surface area contributed by atoms with E-state index in [0.717, 1.165) is 50.0 Å². The number of carbonyl (C=O) groups is 1. The number of aromatic nitrogens is 2. The third-order valence-corrected chi connectivity index (χ3v) is 6.74. The Morgan fingerprint density at radius 2 is 1.85 bits per heavy atom. The number of benzene rings is 3. The van der Waals surface area contributed by atoms with Gasteiger partial charge in [0.15, 0.2) is 0 Å². The molecule has 0 bridgehead atoms. The summed E-state index contributed by atoms with van der Waals surface area (Å²) in [4.78, 5) is 21.0. The summed E-state index contributed by atoms with van der Waals surface area (Å²) in [6.07, 6.45) is 1.79. The zero-order chi connectivity index (χ0) is 23.7. The molecule has 2 N–H and O–H groups in total. The Morgan fingerprint density at radius 3 is 2.74 bits per heavy atom.